The maximum absolute atomic E-state index is 12.4. The van der Waals surface area contributed by atoms with Crippen LogP contribution in [0.3, 0.4) is 0 Å². The lowest BCUT2D eigenvalue weighted by atomic mass is 10.1. The molecule has 1 nitrogen and oxygen atoms in total. The Hall–Kier alpha value is -0.360. The van der Waals surface area contributed by atoms with E-state index in [1.54, 1.807) is 0 Å². The van der Waals surface area contributed by atoms with Crippen LogP contribution in [-0.4, -0.2) is 6.29 Å². The monoisotopic (exact) mass is 330 g/mol. The van der Waals surface area contributed by atoms with Gasteiger partial charge in [-0.1, -0.05) is 15.9 Å². The summed E-state index contributed by atoms with van der Waals surface area (Å²) in [6.45, 7) is 0. The molecule has 0 saturated carbocycles. The fourth-order valence-electron chi connectivity index (χ4n) is 0.902. The van der Waals surface area contributed by atoms with Crippen molar-refractivity contribution in [1.82, 2.24) is 0 Å². The zero-order valence-electron chi connectivity index (χ0n) is 6.53. The molecule has 1 aromatic carbocycles. The van der Waals surface area contributed by atoms with Crippen LogP contribution in [0.5, 0.6) is 0 Å². The highest BCUT2D eigenvalue weighted by atomic mass is 79.9. The van der Waals surface area contributed by atoms with Gasteiger partial charge in [-0.05, 0) is 28.1 Å². The van der Waals surface area contributed by atoms with Crippen LogP contribution in [0.1, 0.15) is 15.9 Å². The van der Waals surface area contributed by atoms with E-state index in [4.69, 9.17) is 0 Å². The molecule has 1 aromatic rings. The van der Waals surface area contributed by atoms with Gasteiger partial charge in [0.05, 0.1) is 5.56 Å². The predicted octanol–water partition coefficient (Wildman–Crippen LogP) is 4.04. The molecule has 0 N–H and O–H groups in total. The third-order valence-electron chi connectivity index (χ3n) is 1.50. The minimum Gasteiger partial charge on any atom is -0.298 e. The molecule has 6 heteroatoms. The summed E-state index contributed by atoms with van der Waals surface area (Å²) in [6, 6.07) is 2.23. The van der Waals surface area contributed by atoms with Gasteiger partial charge >= 0.3 is 6.18 Å². The van der Waals surface area contributed by atoms with Gasteiger partial charge in [-0.3, -0.25) is 4.79 Å². The molecule has 0 aliphatic heterocycles. The van der Waals surface area contributed by atoms with Crippen molar-refractivity contribution in [1.29, 1.82) is 0 Å². The first-order valence-corrected chi connectivity index (χ1v) is 4.96. The molecule has 76 valence electrons. The SMILES string of the molecule is O=Cc1cc(Br)cc(C(F)(F)F)c1Br. The Kier molecular flexibility index (Phi) is 3.36. The van der Waals surface area contributed by atoms with Gasteiger partial charge in [-0.25, -0.2) is 0 Å². The second kappa shape index (κ2) is 4.02. The summed E-state index contributed by atoms with van der Waals surface area (Å²) in [7, 11) is 0. The Balaban J connectivity index is 3.44. The lowest BCUT2D eigenvalue weighted by molar-refractivity contribution is -0.138. The number of benzene rings is 1. The molecule has 1 rings (SSSR count). The highest BCUT2D eigenvalue weighted by Crippen LogP contribution is 2.37. The first-order chi connectivity index (χ1) is 6.36. The Morgan fingerprint density at radius 2 is 1.79 bits per heavy atom. The zero-order valence-corrected chi connectivity index (χ0v) is 9.70. The van der Waals surface area contributed by atoms with Gasteiger partial charge in [-0.2, -0.15) is 13.2 Å². The summed E-state index contributed by atoms with van der Waals surface area (Å²) in [5, 5.41) is 0. The van der Waals surface area contributed by atoms with E-state index in [0.29, 0.717) is 6.29 Å². The summed E-state index contributed by atoms with van der Waals surface area (Å²) in [5.41, 5.74) is -0.902. The van der Waals surface area contributed by atoms with Gasteiger partial charge in [0.25, 0.3) is 0 Å². The van der Waals surface area contributed by atoms with Crippen molar-refractivity contribution in [3.05, 3.63) is 32.2 Å². The van der Waals surface area contributed by atoms with E-state index < -0.39 is 11.7 Å². The first kappa shape index (κ1) is 11.7. The molecule has 0 unspecified atom stereocenters. The smallest absolute Gasteiger partial charge is 0.298 e. The van der Waals surface area contributed by atoms with Crippen molar-refractivity contribution in [3.8, 4) is 0 Å². The van der Waals surface area contributed by atoms with Crippen LogP contribution in [0.2, 0.25) is 0 Å². The molecule has 0 radical (unpaired) electrons. The Morgan fingerprint density at radius 1 is 1.21 bits per heavy atom. The maximum Gasteiger partial charge on any atom is 0.417 e. The molecule has 0 bridgehead atoms. The van der Waals surface area contributed by atoms with E-state index in [1.165, 1.54) is 6.07 Å². The lowest BCUT2D eigenvalue weighted by Crippen LogP contribution is -2.07. The molecule has 0 saturated heterocycles. The van der Waals surface area contributed by atoms with E-state index in [9.17, 15) is 18.0 Å². The molecular weight excluding hydrogens is 329 g/mol. The Morgan fingerprint density at radius 3 is 2.21 bits per heavy atom. The number of rotatable bonds is 1. The lowest BCUT2D eigenvalue weighted by Gasteiger charge is -2.10. The minimum absolute atomic E-state index is 0.0355. The third-order valence-corrected chi connectivity index (χ3v) is 2.84. The van der Waals surface area contributed by atoms with E-state index in [0.717, 1.165) is 6.07 Å². The predicted molar refractivity (Wildman–Crippen MR) is 52.2 cm³/mol. The number of hydrogen-bond acceptors (Lipinski definition) is 1. The Labute approximate surface area is 94.6 Å². The molecule has 0 aliphatic carbocycles. The average molecular weight is 332 g/mol. The molecule has 0 fully saturated rings. The second-order valence-electron chi connectivity index (χ2n) is 2.47. The van der Waals surface area contributed by atoms with E-state index in [2.05, 4.69) is 31.9 Å². The molecule has 0 aromatic heterocycles. The largest absolute Gasteiger partial charge is 0.417 e. The van der Waals surface area contributed by atoms with Gasteiger partial charge in [0.1, 0.15) is 0 Å². The molecule has 0 amide bonds. The van der Waals surface area contributed by atoms with E-state index in [1.807, 2.05) is 0 Å². The highest BCUT2D eigenvalue weighted by molar-refractivity contribution is 9.11. The molecule has 0 aliphatic rings. The third kappa shape index (κ3) is 2.36. The van der Waals surface area contributed by atoms with Gasteiger partial charge < -0.3 is 0 Å². The van der Waals surface area contributed by atoms with E-state index >= 15 is 0 Å². The number of carbonyl (C=O) groups is 1. The zero-order chi connectivity index (χ0) is 10.9. The van der Waals surface area contributed by atoms with Crippen molar-refractivity contribution < 1.29 is 18.0 Å². The van der Waals surface area contributed by atoms with Crippen LogP contribution < -0.4 is 0 Å². The number of alkyl halides is 3. The molecular formula is C8H3Br2F3O. The van der Waals surface area contributed by atoms with Crippen LogP contribution in [0, 0.1) is 0 Å². The minimum atomic E-state index is -4.47. The summed E-state index contributed by atoms with van der Waals surface area (Å²) >= 11 is 5.64. The van der Waals surface area contributed by atoms with E-state index in [-0.39, 0.29) is 14.5 Å². The molecule has 0 spiro atoms. The molecule has 0 atom stereocenters. The summed E-state index contributed by atoms with van der Waals surface area (Å²) < 4.78 is 37.1. The van der Waals surface area contributed by atoms with Crippen molar-refractivity contribution in [3.63, 3.8) is 0 Å². The van der Waals surface area contributed by atoms with Crippen LogP contribution in [0.25, 0.3) is 0 Å². The van der Waals surface area contributed by atoms with Crippen LogP contribution >= 0.6 is 31.9 Å². The fraction of sp³-hybridized carbons (Fsp3) is 0.125. The normalized spacial score (nSPS) is 11.5. The van der Waals surface area contributed by atoms with Gasteiger partial charge in [0.15, 0.2) is 6.29 Å². The summed E-state index contributed by atoms with van der Waals surface area (Å²) in [5.74, 6) is 0. The van der Waals surface area contributed by atoms with Crippen LogP contribution in [0.4, 0.5) is 13.2 Å². The number of halogens is 5. The topological polar surface area (TPSA) is 17.1 Å². The van der Waals surface area contributed by atoms with Crippen molar-refractivity contribution in [2.24, 2.45) is 0 Å². The van der Waals surface area contributed by atoms with Gasteiger partial charge in [0.2, 0.25) is 0 Å². The van der Waals surface area contributed by atoms with Crippen LogP contribution in [-0.2, 0) is 6.18 Å². The summed E-state index contributed by atoms with van der Waals surface area (Å²) in [4.78, 5) is 10.4. The summed E-state index contributed by atoms with van der Waals surface area (Å²) in [6.07, 6.45) is -4.11. The maximum atomic E-state index is 12.4. The van der Waals surface area contributed by atoms with Gasteiger partial charge in [-0.15, -0.1) is 0 Å². The standard InChI is InChI=1S/C8H3Br2F3O/c9-5-1-4(3-14)7(10)6(2-5)8(11,12)13/h1-3H. The molecule has 0 heterocycles. The van der Waals surface area contributed by atoms with Gasteiger partial charge in [0, 0.05) is 14.5 Å². The average Bonchev–Trinajstić information content (AvgIpc) is 2.06. The Bertz CT molecular complexity index is 374. The second-order valence-corrected chi connectivity index (χ2v) is 4.18. The van der Waals surface area contributed by atoms with Crippen molar-refractivity contribution in [2.45, 2.75) is 6.18 Å². The number of hydrogen-bond donors (Lipinski definition) is 0. The fourth-order valence-corrected chi connectivity index (χ4v) is 1.93. The quantitative estimate of drug-likeness (QED) is 0.710. The molecule has 14 heavy (non-hydrogen) atoms. The van der Waals surface area contributed by atoms with Crippen LogP contribution in [0.15, 0.2) is 21.1 Å². The van der Waals surface area contributed by atoms with Crippen molar-refractivity contribution in [2.75, 3.05) is 0 Å². The highest BCUT2D eigenvalue weighted by Gasteiger charge is 2.34. The van der Waals surface area contributed by atoms with Crippen molar-refractivity contribution >= 4 is 38.1 Å². The number of carbonyl (C=O) groups excluding carboxylic acids is 1. The number of aldehydes is 1. The first-order valence-electron chi connectivity index (χ1n) is 3.37.